The number of hydrogen-bond donors (Lipinski definition) is 0. The number of nitrogens with zero attached hydrogens (tertiary/aromatic N) is 1. The van der Waals surface area contributed by atoms with Crippen LogP contribution in [-0.2, 0) is 11.3 Å². The summed E-state index contributed by atoms with van der Waals surface area (Å²) in [5, 5.41) is 0.580. The topological polar surface area (TPSA) is 20.3 Å². The van der Waals surface area contributed by atoms with Gasteiger partial charge in [0.15, 0.2) is 0 Å². The summed E-state index contributed by atoms with van der Waals surface area (Å²) in [7, 11) is 1.85. The number of benzene rings is 2. The van der Waals surface area contributed by atoms with E-state index in [1.54, 1.807) is 16.7 Å². The molecular formula is C18H20ClNOS. The molecule has 116 valence electrons. The largest absolute Gasteiger partial charge is 0.340 e. The van der Waals surface area contributed by atoms with Gasteiger partial charge in [0.25, 0.3) is 0 Å². The van der Waals surface area contributed by atoms with Gasteiger partial charge in [0.2, 0.25) is 5.91 Å². The maximum absolute atomic E-state index is 12.5. The zero-order valence-corrected chi connectivity index (χ0v) is 14.6. The van der Waals surface area contributed by atoms with Crippen molar-refractivity contribution in [2.45, 2.75) is 30.5 Å². The molecule has 0 aliphatic carbocycles. The lowest BCUT2D eigenvalue weighted by Crippen LogP contribution is -2.32. The number of thioether (sulfide) groups is 1. The van der Waals surface area contributed by atoms with Crippen LogP contribution in [0.2, 0.25) is 5.02 Å². The van der Waals surface area contributed by atoms with Crippen LogP contribution < -0.4 is 0 Å². The molecule has 0 unspecified atom stereocenters. The Morgan fingerprint density at radius 3 is 2.32 bits per heavy atom. The molecule has 0 radical (unpaired) electrons. The maximum atomic E-state index is 12.5. The molecule has 0 fully saturated rings. The van der Waals surface area contributed by atoms with Gasteiger partial charge in [0.1, 0.15) is 0 Å². The molecule has 2 rings (SSSR count). The van der Waals surface area contributed by atoms with Crippen LogP contribution in [-0.4, -0.2) is 23.1 Å². The summed E-state index contributed by atoms with van der Waals surface area (Å²) < 4.78 is 0. The monoisotopic (exact) mass is 333 g/mol. The average Bonchev–Trinajstić information content (AvgIpc) is 2.51. The zero-order chi connectivity index (χ0) is 16.1. The van der Waals surface area contributed by atoms with E-state index in [9.17, 15) is 4.79 Å². The van der Waals surface area contributed by atoms with Gasteiger partial charge in [-0.05, 0) is 43.7 Å². The first-order chi connectivity index (χ1) is 10.5. The minimum absolute atomic E-state index is 0.125. The van der Waals surface area contributed by atoms with Gasteiger partial charge in [-0.2, -0.15) is 0 Å². The lowest BCUT2D eigenvalue weighted by molar-refractivity contribution is -0.129. The first-order valence-electron chi connectivity index (χ1n) is 7.18. The first kappa shape index (κ1) is 16.9. The molecule has 1 atom stereocenters. The van der Waals surface area contributed by atoms with E-state index >= 15 is 0 Å². The predicted octanol–water partition coefficient (Wildman–Crippen LogP) is 4.79. The number of halogens is 1. The van der Waals surface area contributed by atoms with Crippen LogP contribution in [0.15, 0.2) is 53.4 Å². The highest BCUT2D eigenvalue weighted by molar-refractivity contribution is 8.00. The van der Waals surface area contributed by atoms with E-state index in [1.165, 1.54) is 5.56 Å². The second kappa shape index (κ2) is 7.70. The van der Waals surface area contributed by atoms with Gasteiger partial charge in [-0.3, -0.25) is 4.79 Å². The van der Waals surface area contributed by atoms with E-state index < -0.39 is 0 Å². The molecule has 2 aromatic carbocycles. The lowest BCUT2D eigenvalue weighted by Gasteiger charge is -2.21. The molecule has 4 heteroatoms. The molecule has 0 spiro atoms. The highest BCUT2D eigenvalue weighted by Crippen LogP contribution is 2.26. The fourth-order valence-electron chi connectivity index (χ4n) is 2.12. The fourth-order valence-corrected chi connectivity index (χ4v) is 3.23. The summed E-state index contributed by atoms with van der Waals surface area (Å²) in [6.45, 7) is 4.63. The van der Waals surface area contributed by atoms with Crippen molar-refractivity contribution in [3.63, 3.8) is 0 Å². The third kappa shape index (κ3) is 4.79. The molecule has 1 amide bonds. The maximum Gasteiger partial charge on any atom is 0.235 e. The third-order valence-electron chi connectivity index (χ3n) is 3.39. The van der Waals surface area contributed by atoms with Crippen molar-refractivity contribution in [2.24, 2.45) is 0 Å². The molecule has 2 nitrogen and oxygen atoms in total. The number of aryl methyl sites for hydroxylation is 1. The minimum atomic E-state index is -0.128. The molecule has 2 aromatic rings. The Kier molecular flexibility index (Phi) is 5.92. The van der Waals surface area contributed by atoms with Crippen molar-refractivity contribution in [2.75, 3.05) is 7.05 Å². The van der Waals surface area contributed by atoms with Gasteiger partial charge in [0, 0.05) is 23.5 Å². The molecule has 0 saturated carbocycles. The molecule has 0 aliphatic rings. The lowest BCUT2D eigenvalue weighted by atomic mass is 10.1. The van der Waals surface area contributed by atoms with Crippen LogP contribution >= 0.6 is 23.4 Å². The van der Waals surface area contributed by atoms with Gasteiger partial charge in [-0.15, -0.1) is 11.8 Å². The zero-order valence-electron chi connectivity index (χ0n) is 13.0. The Morgan fingerprint density at radius 2 is 1.73 bits per heavy atom. The van der Waals surface area contributed by atoms with Gasteiger partial charge < -0.3 is 4.90 Å². The van der Waals surface area contributed by atoms with Crippen molar-refractivity contribution in [1.82, 2.24) is 4.90 Å². The Balaban J connectivity index is 1.94. The van der Waals surface area contributed by atoms with Crippen molar-refractivity contribution in [3.8, 4) is 0 Å². The van der Waals surface area contributed by atoms with Crippen molar-refractivity contribution < 1.29 is 4.79 Å². The number of hydrogen-bond acceptors (Lipinski definition) is 2. The summed E-state index contributed by atoms with van der Waals surface area (Å²) in [4.78, 5) is 15.3. The fraction of sp³-hybridized carbons (Fsp3) is 0.278. The van der Waals surface area contributed by atoms with Crippen molar-refractivity contribution in [3.05, 3.63) is 64.7 Å². The second-order valence-corrected chi connectivity index (χ2v) is 7.24. The van der Waals surface area contributed by atoms with Gasteiger partial charge in [0.05, 0.1) is 5.25 Å². The number of carbonyl (C=O) groups excluding carboxylic acids is 1. The van der Waals surface area contributed by atoms with Crippen LogP contribution in [0.4, 0.5) is 0 Å². The minimum Gasteiger partial charge on any atom is -0.340 e. The van der Waals surface area contributed by atoms with E-state index in [2.05, 4.69) is 31.2 Å². The van der Waals surface area contributed by atoms with Crippen molar-refractivity contribution in [1.29, 1.82) is 0 Å². The second-order valence-electron chi connectivity index (χ2n) is 5.39. The smallest absolute Gasteiger partial charge is 0.235 e. The van der Waals surface area contributed by atoms with Gasteiger partial charge in [-0.1, -0.05) is 41.4 Å². The van der Waals surface area contributed by atoms with Crippen molar-refractivity contribution >= 4 is 29.3 Å². The van der Waals surface area contributed by atoms with E-state index in [0.29, 0.717) is 11.6 Å². The highest BCUT2D eigenvalue weighted by atomic mass is 35.5. The molecule has 22 heavy (non-hydrogen) atoms. The predicted molar refractivity (Wildman–Crippen MR) is 94.4 cm³/mol. The molecule has 0 aliphatic heterocycles. The Hall–Kier alpha value is -1.45. The molecule has 0 bridgehead atoms. The standard InChI is InChI=1S/C18H20ClNOS/c1-13-4-6-15(7-5-13)12-20(3)18(21)14(2)22-17-10-8-16(19)9-11-17/h4-11,14H,12H2,1-3H3/t14-/m0/s1. The molecule has 0 heterocycles. The number of carbonyl (C=O) groups is 1. The first-order valence-corrected chi connectivity index (χ1v) is 8.44. The third-order valence-corrected chi connectivity index (χ3v) is 4.74. The number of amides is 1. The quantitative estimate of drug-likeness (QED) is 0.733. The Bertz CT molecular complexity index is 569. The average molecular weight is 334 g/mol. The molecule has 0 saturated heterocycles. The summed E-state index contributed by atoms with van der Waals surface area (Å²) >= 11 is 7.43. The highest BCUT2D eigenvalue weighted by Gasteiger charge is 2.18. The molecule has 0 aromatic heterocycles. The summed E-state index contributed by atoms with van der Waals surface area (Å²) in [5.74, 6) is 0.125. The van der Waals surface area contributed by atoms with E-state index in [4.69, 9.17) is 11.6 Å². The Labute approximate surface area is 141 Å². The van der Waals surface area contributed by atoms with Crippen LogP contribution in [0.3, 0.4) is 0 Å². The molecular weight excluding hydrogens is 314 g/mol. The van der Waals surface area contributed by atoms with Crippen LogP contribution in [0.1, 0.15) is 18.1 Å². The summed E-state index contributed by atoms with van der Waals surface area (Å²) in [6, 6.07) is 15.8. The summed E-state index contributed by atoms with van der Waals surface area (Å²) in [5.41, 5.74) is 2.37. The number of rotatable bonds is 5. The van der Waals surface area contributed by atoms with Gasteiger partial charge >= 0.3 is 0 Å². The molecule has 0 N–H and O–H groups in total. The van der Waals surface area contributed by atoms with Gasteiger partial charge in [-0.25, -0.2) is 0 Å². The van der Waals surface area contributed by atoms with E-state index in [0.717, 1.165) is 10.5 Å². The van der Waals surface area contributed by atoms with Crippen LogP contribution in [0.25, 0.3) is 0 Å². The van der Waals surface area contributed by atoms with E-state index in [1.807, 2.05) is 38.2 Å². The SMILES string of the molecule is Cc1ccc(CN(C)C(=O)[C@H](C)Sc2ccc(Cl)cc2)cc1. The summed E-state index contributed by atoms with van der Waals surface area (Å²) in [6.07, 6.45) is 0. The normalized spacial score (nSPS) is 12.0. The van der Waals surface area contributed by atoms with E-state index in [-0.39, 0.29) is 11.2 Å². The van der Waals surface area contributed by atoms with Crippen LogP contribution in [0, 0.1) is 6.92 Å². The van der Waals surface area contributed by atoms with Crippen LogP contribution in [0.5, 0.6) is 0 Å². The Morgan fingerprint density at radius 1 is 1.14 bits per heavy atom.